The van der Waals surface area contributed by atoms with Crippen LogP contribution in [0.2, 0.25) is 0 Å². The molecule has 1 heterocycles. The highest BCUT2D eigenvalue weighted by Crippen LogP contribution is 2.42. The van der Waals surface area contributed by atoms with Crippen molar-refractivity contribution in [3.05, 3.63) is 35.9 Å². The Morgan fingerprint density at radius 3 is 2.56 bits per heavy atom. The Balaban J connectivity index is 1.76. The molecule has 0 bridgehead atoms. The zero-order chi connectivity index (χ0) is 17.9. The quantitative estimate of drug-likeness (QED) is 0.818. The Kier molecular flexibility index (Phi) is 5.36. The fraction of sp³-hybridized carbons (Fsp3) is 0.556. The summed E-state index contributed by atoms with van der Waals surface area (Å²) in [5.74, 6) is -3.42. The van der Waals surface area contributed by atoms with Gasteiger partial charge in [0.25, 0.3) is 0 Å². The van der Waals surface area contributed by atoms with Gasteiger partial charge in [0.05, 0.1) is 25.4 Å². The third kappa shape index (κ3) is 3.53. The van der Waals surface area contributed by atoms with E-state index in [2.05, 4.69) is 0 Å². The Morgan fingerprint density at radius 2 is 1.92 bits per heavy atom. The number of hydrogen-bond acceptors (Lipinski definition) is 7. The van der Waals surface area contributed by atoms with Crippen molar-refractivity contribution in [1.29, 1.82) is 0 Å². The summed E-state index contributed by atoms with van der Waals surface area (Å²) < 4.78 is 21.8. The molecule has 0 radical (unpaired) electrons. The molecule has 1 N–H and O–H groups in total. The number of ether oxygens (including phenoxy) is 4. The summed E-state index contributed by atoms with van der Waals surface area (Å²) in [7, 11) is 0. The van der Waals surface area contributed by atoms with Gasteiger partial charge in [-0.3, -0.25) is 4.79 Å². The van der Waals surface area contributed by atoms with Crippen molar-refractivity contribution in [2.75, 3.05) is 19.8 Å². The lowest BCUT2D eigenvalue weighted by atomic mass is 9.79. The Bertz CT molecular complexity index is 609. The van der Waals surface area contributed by atoms with Crippen LogP contribution in [-0.4, -0.2) is 54.9 Å². The highest BCUT2D eigenvalue weighted by molar-refractivity contribution is 5.89. The minimum Gasteiger partial charge on any atom is -0.466 e. The average molecular weight is 350 g/mol. The lowest BCUT2D eigenvalue weighted by Gasteiger charge is -2.43. The average Bonchev–Trinajstić information content (AvgIpc) is 3.07. The largest absolute Gasteiger partial charge is 0.466 e. The number of aliphatic hydroxyl groups is 1. The summed E-state index contributed by atoms with van der Waals surface area (Å²) in [4.78, 5) is 24.6. The number of carbonyl (C=O) groups excluding carboxylic acids is 2. The summed E-state index contributed by atoms with van der Waals surface area (Å²) in [5, 5.41) is 10.7. The molecule has 0 aromatic heterocycles. The Hall–Kier alpha value is -1.96. The van der Waals surface area contributed by atoms with E-state index in [0.717, 1.165) is 0 Å². The number of esters is 2. The first-order chi connectivity index (χ1) is 12.1. The molecule has 1 spiro atoms. The van der Waals surface area contributed by atoms with Crippen molar-refractivity contribution in [3.63, 3.8) is 0 Å². The number of rotatable bonds is 4. The fourth-order valence-electron chi connectivity index (χ4n) is 3.40. The topological polar surface area (TPSA) is 91.3 Å². The summed E-state index contributed by atoms with van der Waals surface area (Å²) in [5.41, 5.74) is 0.385. The molecule has 1 aromatic rings. The van der Waals surface area contributed by atoms with Crippen molar-refractivity contribution >= 4 is 11.9 Å². The molecule has 3 rings (SSSR count). The van der Waals surface area contributed by atoms with E-state index in [-0.39, 0.29) is 6.61 Å². The fourth-order valence-corrected chi connectivity index (χ4v) is 3.40. The second-order valence-electron chi connectivity index (χ2n) is 6.08. The van der Waals surface area contributed by atoms with E-state index < -0.39 is 35.9 Å². The van der Waals surface area contributed by atoms with E-state index >= 15 is 0 Å². The van der Waals surface area contributed by atoms with Gasteiger partial charge in [-0.05, 0) is 25.5 Å². The van der Waals surface area contributed by atoms with Crippen molar-refractivity contribution in [1.82, 2.24) is 0 Å². The first kappa shape index (κ1) is 17.8. The van der Waals surface area contributed by atoms with Crippen LogP contribution in [0.1, 0.15) is 30.1 Å². The number of carbonyl (C=O) groups is 2. The SMILES string of the molecule is CCOC(=O)[C@H]1[C@H](O)[C@H](OC(=O)c2ccccc2)CCC12OCCO2. The molecule has 0 amide bonds. The monoisotopic (exact) mass is 350 g/mol. The molecular formula is C18H22O7. The van der Waals surface area contributed by atoms with E-state index in [0.29, 0.717) is 31.6 Å². The third-order valence-corrected chi connectivity index (χ3v) is 4.56. The standard InChI is InChI=1S/C18H22O7/c1-2-22-17(21)14-15(19)13(8-9-18(14)23-10-11-24-18)25-16(20)12-6-4-3-5-7-12/h3-7,13-15,19H,2,8-11H2,1H3/t13-,14-,15-/m1/s1. The molecule has 7 heteroatoms. The highest BCUT2D eigenvalue weighted by Gasteiger charge is 2.58. The van der Waals surface area contributed by atoms with E-state index in [1.165, 1.54) is 0 Å². The summed E-state index contributed by atoms with van der Waals surface area (Å²) in [6.07, 6.45) is -1.44. The van der Waals surface area contributed by atoms with E-state index in [1.54, 1.807) is 37.3 Å². The van der Waals surface area contributed by atoms with Gasteiger partial charge in [-0.2, -0.15) is 0 Å². The molecule has 3 atom stereocenters. The molecule has 1 saturated carbocycles. The third-order valence-electron chi connectivity index (χ3n) is 4.56. The Labute approximate surface area is 145 Å². The minimum atomic E-state index is -1.27. The zero-order valence-electron chi connectivity index (χ0n) is 14.1. The first-order valence-electron chi connectivity index (χ1n) is 8.46. The van der Waals surface area contributed by atoms with Gasteiger partial charge >= 0.3 is 11.9 Å². The normalized spacial score (nSPS) is 27.8. The van der Waals surface area contributed by atoms with Gasteiger partial charge < -0.3 is 24.1 Å². The summed E-state index contributed by atoms with van der Waals surface area (Å²) in [6, 6.07) is 8.51. The molecule has 1 aliphatic carbocycles. The van der Waals surface area contributed by atoms with E-state index in [1.807, 2.05) is 0 Å². The highest BCUT2D eigenvalue weighted by atomic mass is 16.7. The number of aliphatic hydroxyl groups excluding tert-OH is 1. The maximum atomic E-state index is 12.4. The Morgan fingerprint density at radius 1 is 1.24 bits per heavy atom. The van der Waals surface area contributed by atoms with Crippen LogP contribution < -0.4 is 0 Å². The molecule has 1 aromatic carbocycles. The first-order valence-corrected chi connectivity index (χ1v) is 8.46. The van der Waals surface area contributed by atoms with Gasteiger partial charge in [-0.25, -0.2) is 4.79 Å². The van der Waals surface area contributed by atoms with Crippen molar-refractivity contribution in [2.45, 2.75) is 37.8 Å². The van der Waals surface area contributed by atoms with Crippen LogP contribution in [0.25, 0.3) is 0 Å². The van der Waals surface area contributed by atoms with Crippen LogP contribution in [0, 0.1) is 5.92 Å². The van der Waals surface area contributed by atoms with Crippen molar-refractivity contribution in [2.24, 2.45) is 5.92 Å². The molecule has 136 valence electrons. The lowest BCUT2D eigenvalue weighted by molar-refractivity contribution is -0.255. The number of hydrogen-bond donors (Lipinski definition) is 1. The molecule has 1 aliphatic heterocycles. The number of benzene rings is 1. The molecule has 2 fully saturated rings. The molecular weight excluding hydrogens is 328 g/mol. The van der Waals surface area contributed by atoms with E-state index in [9.17, 15) is 14.7 Å². The summed E-state index contributed by atoms with van der Waals surface area (Å²) >= 11 is 0. The van der Waals surface area contributed by atoms with Gasteiger partial charge in [0.15, 0.2) is 5.79 Å². The van der Waals surface area contributed by atoms with Gasteiger partial charge in [-0.1, -0.05) is 18.2 Å². The predicted octanol–water partition coefficient (Wildman–Crippen LogP) is 1.29. The van der Waals surface area contributed by atoms with Crippen LogP contribution in [0.15, 0.2) is 30.3 Å². The molecule has 7 nitrogen and oxygen atoms in total. The molecule has 2 aliphatic rings. The van der Waals surface area contributed by atoms with Gasteiger partial charge in [0.1, 0.15) is 18.1 Å². The van der Waals surface area contributed by atoms with Gasteiger partial charge in [0, 0.05) is 6.42 Å². The second-order valence-corrected chi connectivity index (χ2v) is 6.08. The van der Waals surface area contributed by atoms with Crippen LogP contribution in [0.3, 0.4) is 0 Å². The zero-order valence-corrected chi connectivity index (χ0v) is 14.1. The van der Waals surface area contributed by atoms with Crippen LogP contribution in [0.4, 0.5) is 0 Å². The molecule has 0 unspecified atom stereocenters. The maximum Gasteiger partial charge on any atom is 0.338 e. The van der Waals surface area contributed by atoms with Crippen LogP contribution in [0.5, 0.6) is 0 Å². The van der Waals surface area contributed by atoms with Gasteiger partial charge in [-0.15, -0.1) is 0 Å². The molecule has 25 heavy (non-hydrogen) atoms. The predicted molar refractivity (Wildman–Crippen MR) is 85.6 cm³/mol. The lowest BCUT2D eigenvalue weighted by Crippen LogP contribution is -2.58. The minimum absolute atomic E-state index is 0.173. The smallest absolute Gasteiger partial charge is 0.338 e. The second kappa shape index (κ2) is 7.51. The van der Waals surface area contributed by atoms with Crippen LogP contribution in [-0.2, 0) is 23.7 Å². The maximum absolute atomic E-state index is 12.4. The summed E-state index contributed by atoms with van der Waals surface area (Å²) in [6.45, 7) is 2.55. The molecule has 1 saturated heterocycles. The van der Waals surface area contributed by atoms with E-state index in [4.69, 9.17) is 18.9 Å². The van der Waals surface area contributed by atoms with Crippen molar-refractivity contribution < 1.29 is 33.6 Å². The van der Waals surface area contributed by atoms with Crippen molar-refractivity contribution in [3.8, 4) is 0 Å². The van der Waals surface area contributed by atoms with Gasteiger partial charge in [0.2, 0.25) is 0 Å². The van der Waals surface area contributed by atoms with Crippen LogP contribution >= 0.6 is 0 Å².